The van der Waals surface area contributed by atoms with Crippen LogP contribution in [0.2, 0.25) is 0 Å². The summed E-state index contributed by atoms with van der Waals surface area (Å²) in [7, 11) is -3.46. The first-order valence-corrected chi connectivity index (χ1v) is 12.3. The van der Waals surface area contributed by atoms with Crippen molar-refractivity contribution >= 4 is 38.9 Å². The molecule has 1 aliphatic heterocycles. The molecule has 0 radical (unpaired) electrons. The monoisotopic (exact) mass is 443 g/mol. The molecule has 1 saturated heterocycles. The Morgan fingerprint density at radius 2 is 1.87 bits per heavy atom. The predicted octanol–water partition coefficient (Wildman–Crippen LogP) is 3.62. The van der Waals surface area contributed by atoms with Crippen molar-refractivity contribution in [2.45, 2.75) is 39.5 Å². The first-order valence-electron chi connectivity index (χ1n) is 10.4. The topological polar surface area (TPSA) is 86.8 Å². The Balaban J connectivity index is 1.62. The van der Waals surface area contributed by atoms with Gasteiger partial charge in [-0.25, -0.2) is 8.42 Å². The van der Waals surface area contributed by atoms with E-state index in [2.05, 4.69) is 5.32 Å². The van der Waals surface area contributed by atoms with Gasteiger partial charge in [0.15, 0.2) is 0 Å². The summed E-state index contributed by atoms with van der Waals surface area (Å²) >= 11 is 0. The van der Waals surface area contributed by atoms with Gasteiger partial charge in [0.25, 0.3) is 0 Å². The molecule has 0 spiro atoms. The fourth-order valence-electron chi connectivity index (χ4n) is 3.80. The Hall–Kier alpha value is -2.87. The lowest BCUT2D eigenvalue weighted by molar-refractivity contribution is -0.117. The van der Waals surface area contributed by atoms with E-state index in [0.717, 1.165) is 23.2 Å². The lowest BCUT2D eigenvalue weighted by Crippen LogP contribution is -2.32. The second-order valence-electron chi connectivity index (χ2n) is 7.92. The smallest absolute Gasteiger partial charge is 0.232 e. The van der Waals surface area contributed by atoms with Crippen LogP contribution >= 0.6 is 0 Å². The largest absolute Gasteiger partial charge is 0.326 e. The molecule has 31 heavy (non-hydrogen) atoms. The average Bonchev–Trinajstić information content (AvgIpc) is 3.12. The third-order valence-corrected chi connectivity index (χ3v) is 6.59. The normalized spacial score (nSPS) is 14.0. The second-order valence-corrected chi connectivity index (χ2v) is 9.83. The van der Waals surface area contributed by atoms with Crippen LogP contribution in [0.15, 0.2) is 42.5 Å². The summed E-state index contributed by atoms with van der Waals surface area (Å²) in [5.74, 6) is -0.0931. The van der Waals surface area contributed by atoms with E-state index >= 15 is 0 Å². The van der Waals surface area contributed by atoms with Crippen molar-refractivity contribution in [3.8, 4) is 0 Å². The molecule has 0 aromatic heterocycles. The molecule has 2 aromatic rings. The minimum absolute atomic E-state index is 0.101. The Morgan fingerprint density at radius 1 is 1.13 bits per heavy atom. The molecular weight excluding hydrogens is 414 g/mol. The van der Waals surface area contributed by atoms with Crippen LogP contribution < -0.4 is 14.5 Å². The van der Waals surface area contributed by atoms with Gasteiger partial charge in [0.05, 0.1) is 11.9 Å². The fourth-order valence-corrected chi connectivity index (χ4v) is 4.82. The van der Waals surface area contributed by atoms with Crippen molar-refractivity contribution < 1.29 is 18.0 Å². The number of rotatable bonds is 8. The summed E-state index contributed by atoms with van der Waals surface area (Å²) in [5, 5.41) is 2.87. The minimum atomic E-state index is -3.46. The Labute approximate surface area is 184 Å². The summed E-state index contributed by atoms with van der Waals surface area (Å²) in [6.07, 6.45) is 3.13. The number of sulfonamides is 1. The molecule has 3 rings (SSSR count). The number of hydrogen-bond donors (Lipinski definition) is 1. The quantitative estimate of drug-likeness (QED) is 0.675. The van der Waals surface area contributed by atoms with Gasteiger partial charge in [0.2, 0.25) is 21.8 Å². The molecule has 0 atom stereocenters. The van der Waals surface area contributed by atoms with Gasteiger partial charge in [-0.05, 0) is 56.0 Å². The standard InChI is InChI=1S/C23H29N3O4S/c1-17-8-4-5-9-20(17)26(31(3,29)30)15-6-10-22(27)24-19-13-12-18(2)21(16-19)25-14-7-11-23(25)28/h4-5,8-9,12-13,16H,6-7,10-11,14-15H2,1-3H3,(H,24,27). The summed E-state index contributed by atoms with van der Waals surface area (Å²) in [5.41, 5.74) is 3.92. The number of amides is 2. The van der Waals surface area contributed by atoms with Crippen LogP contribution in [0.4, 0.5) is 17.1 Å². The molecule has 1 fully saturated rings. The third-order valence-electron chi connectivity index (χ3n) is 5.41. The minimum Gasteiger partial charge on any atom is -0.326 e. The van der Waals surface area contributed by atoms with Gasteiger partial charge in [0.1, 0.15) is 0 Å². The van der Waals surface area contributed by atoms with E-state index in [9.17, 15) is 18.0 Å². The molecule has 166 valence electrons. The summed E-state index contributed by atoms with van der Waals surface area (Å²) in [4.78, 5) is 26.3. The molecule has 2 aromatic carbocycles. The summed E-state index contributed by atoms with van der Waals surface area (Å²) in [6, 6.07) is 12.8. The highest BCUT2D eigenvalue weighted by molar-refractivity contribution is 7.92. The van der Waals surface area contributed by atoms with Crippen LogP contribution in [-0.2, 0) is 19.6 Å². The highest BCUT2D eigenvalue weighted by Crippen LogP contribution is 2.28. The molecule has 1 aliphatic rings. The molecule has 0 bridgehead atoms. The molecule has 2 amide bonds. The van der Waals surface area contributed by atoms with E-state index in [1.54, 1.807) is 17.0 Å². The Morgan fingerprint density at radius 3 is 2.52 bits per heavy atom. The van der Waals surface area contributed by atoms with Crippen LogP contribution in [0.1, 0.15) is 36.8 Å². The molecule has 1 N–H and O–H groups in total. The van der Waals surface area contributed by atoms with E-state index < -0.39 is 10.0 Å². The van der Waals surface area contributed by atoms with Crippen LogP contribution in [0, 0.1) is 13.8 Å². The van der Waals surface area contributed by atoms with E-state index in [-0.39, 0.29) is 24.8 Å². The Kier molecular flexibility index (Phi) is 7.00. The van der Waals surface area contributed by atoms with Crippen molar-refractivity contribution in [1.29, 1.82) is 0 Å². The van der Waals surface area contributed by atoms with Crippen LogP contribution in [-0.4, -0.2) is 39.6 Å². The maximum absolute atomic E-state index is 12.5. The predicted molar refractivity (Wildman–Crippen MR) is 124 cm³/mol. The first-order chi connectivity index (χ1) is 14.7. The van der Waals surface area contributed by atoms with E-state index in [1.807, 2.05) is 44.2 Å². The maximum Gasteiger partial charge on any atom is 0.232 e. The van der Waals surface area contributed by atoms with Gasteiger partial charge in [-0.1, -0.05) is 24.3 Å². The molecular formula is C23H29N3O4S. The van der Waals surface area contributed by atoms with Crippen molar-refractivity contribution in [3.63, 3.8) is 0 Å². The molecule has 7 nitrogen and oxygen atoms in total. The van der Waals surface area contributed by atoms with Gasteiger partial charge in [-0.2, -0.15) is 0 Å². The number of benzene rings is 2. The fraction of sp³-hybridized carbons (Fsp3) is 0.391. The number of aryl methyl sites for hydroxylation is 2. The zero-order chi connectivity index (χ0) is 22.6. The van der Waals surface area contributed by atoms with Crippen molar-refractivity contribution in [2.75, 3.05) is 33.9 Å². The summed E-state index contributed by atoms with van der Waals surface area (Å²) in [6.45, 7) is 4.72. The number of anilines is 3. The van der Waals surface area contributed by atoms with Gasteiger partial charge < -0.3 is 10.2 Å². The lowest BCUT2D eigenvalue weighted by Gasteiger charge is -2.24. The van der Waals surface area contributed by atoms with E-state index in [1.165, 1.54) is 10.6 Å². The number of nitrogens with one attached hydrogen (secondary N) is 1. The van der Waals surface area contributed by atoms with Gasteiger partial charge in [0, 0.05) is 37.3 Å². The maximum atomic E-state index is 12.5. The SMILES string of the molecule is Cc1ccc(NC(=O)CCCN(c2ccccc2C)S(C)(=O)=O)cc1N1CCCC1=O. The highest BCUT2D eigenvalue weighted by atomic mass is 32.2. The number of para-hydroxylation sites is 1. The first kappa shape index (κ1) is 22.8. The number of carbonyl (C=O) groups is 2. The van der Waals surface area contributed by atoms with Gasteiger partial charge in [-0.3, -0.25) is 13.9 Å². The molecule has 8 heteroatoms. The number of carbonyl (C=O) groups excluding carboxylic acids is 2. The summed E-state index contributed by atoms with van der Waals surface area (Å²) < 4.78 is 25.9. The van der Waals surface area contributed by atoms with Crippen molar-refractivity contribution in [1.82, 2.24) is 0 Å². The zero-order valence-electron chi connectivity index (χ0n) is 18.2. The lowest BCUT2D eigenvalue weighted by atomic mass is 10.1. The zero-order valence-corrected chi connectivity index (χ0v) is 19.0. The van der Waals surface area contributed by atoms with Crippen LogP contribution in [0.3, 0.4) is 0 Å². The number of nitrogens with zero attached hydrogens (tertiary/aromatic N) is 2. The Bertz CT molecular complexity index is 1080. The van der Waals surface area contributed by atoms with Gasteiger partial charge in [-0.15, -0.1) is 0 Å². The molecule has 1 heterocycles. The molecule has 0 saturated carbocycles. The van der Waals surface area contributed by atoms with E-state index in [0.29, 0.717) is 30.8 Å². The van der Waals surface area contributed by atoms with E-state index in [4.69, 9.17) is 0 Å². The average molecular weight is 444 g/mol. The number of hydrogen-bond acceptors (Lipinski definition) is 4. The van der Waals surface area contributed by atoms with Crippen molar-refractivity contribution in [2.24, 2.45) is 0 Å². The van der Waals surface area contributed by atoms with Crippen LogP contribution in [0.25, 0.3) is 0 Å². The van der Waals surface area contributed by atoms with Crippen molar-refractivity contribution in [3.05, 3.63) is 53.6 Å². The molecule has 0 unspecified atom stereocenters. The van der Waals surface area contributed by atoms with Gasteiger partial charge >= 0.3 is 0 Å². The highest BCUT2D eigenvalue weighted by Gasteiger charge is 2.23. The second kappa shape index (κ2) is 9.51. The third kappa shape index (κ3) is 5.64. The molecule has 0 aliphatic carbocycles. The van der Waals surface area contributed by atoms with Crippen LogP contribution in [0.5, 0.6) is 0 Å².